The fourth-order valence-electron chi connectivity index (χ4n) is 4.57. The Morgan fingerprint density at radius 3 is 2.37 bits per heavy atom. The number of benzene rings is 1. The molecule has 7 nitrogen and oxygen atoms in total. The molecule has 1 spiro atoms. The van der Waals surface area contributed by atoms with Crippen molar-refractivity contribution in [2.45, 2.75) is 38.4 Å². The Balaban J connectivity index is 1.45. The van der Waals surface area contributed by atoms with Crippen LogP contribution in [0.25, 0.3) is 0 Å². The average molecular weight is 409 g/mol. The lowest BCUT2D eigenvalue weighted by Gasteiger charge is -2.42. The van der Waals surface area contributed by atoms with Gasteiger partial charge in [0.2, 0.25) is 0 Å². The Bertz CT molecular complexity index is 892. The number of rotatable bonds is 6. The van der Waals surface area contributed by atoms with E-state index in [9.17, 15) is 9.59 Å². The average Bonchev–Trinajstić information content (AvgIpc) is 2.97. The summed E-state index contributed by atoms with van der Waals surface area (Å²) in [7, 11) is 1.66. The molecule has 3 heterocycles. The highest BCUT2D eigenvalue weighted by Crippen LogP contribution is 2.38. The van der Waals surface area contributed by atoms with Crippen molar-refractivity contribution in [3.63, 3.8) is 0 Å². The van der Waals surface area contributed by atoms with Gasteiger partial charge in [-0.25, -0.2) is 4.79 Å². The van der Waals surface area contributed by atoms with Crippen LogP contribution in [0.4, 0.5) is 4.79 Å². The molecular weight excluding hydrogens is 380 g/mol. The van der Waals surface area contributed by atoms with E-state index >= 15 is 0 Å². The number of nitrogens with zero attached hydrogens (tertiary/aromatic N) is 4. The molecule has 0 unspecified atom stereocenters. The summed E-state index contributed by atoms with van der Waals surface area (Å²) in [6.45, 7) is 5.08. The number of imide groups is 1. The Labute approximate surface area is 177 Å². The fraction of sp³-hybridized carbons (Fsp3) is 0.435. The highest BCUT2D eigenvalue weighted by Gasteiger charge is 2.57. The third-order valence-electron chi connectivity index (χ3n) is 6.23. The standard InChI is InChI=1S/C23H28N4O3/c1-3-27-22(29)26(17-19-6-4-5-13-24-19)21(28)23(27)11-14-25(15-12-23)16-18-7-9-20(30-2)10-8-18/h4-10,13H,3,11-12,14-17H2,1-2H3. The Morgan fingerprint density at radius 1 is 1.03 bits per heavy atom. The molecule has 0 N–H and O–H groups in total. The first-order chi connectivity index (χ1) is 14.6. The molecule has 1 aromatic heterocycles. The second kappa shape index (κ2) is 8.44. The third-order valence-corrected chi connectivity index (χ3v) is 6.23. The molecule has 7 heteroatoms. The molecule has 158 valence electrons. The molecule has 0 radical (unpaired) electrons. The number of piperidine rings is 1. The largest absolute Gasteiger partial charge is 0.497 e. The van der Waals surface area contributed by atoms with Gasteiger partial charge in [0, 0.05) is 32.4 Å². The van der Waals surface area contributed by atoms with E-state index in [-0.39, 0.29) is 18.5 Å². The van der Waals surface area contributed by atoms with Crippen molar-refractivity contribution >= 4 is 11.9 Å². The van der Waals surface area contributed by atoms with Gasteiger partial charge in [0.15, 0.2) is 0 Å². The van der Waals surface area contributed by atoms with Crippen molar-refractivity contribution in [1.29, 1.82) is 0 Å². The van der Waals surface area contributed by atoms with Crippen LogP contribution in [0, 0.1) is 0 Å². The van der Waals surface area contributed by atoms with Crippen LogP contribution < -0.4 is 4.74 Å². The van der Waals surface area contributed by atoms with Gasteiger partial charge in [-0.05, 0) is 49.6 Å². The normalized spacial score (nSPS) is 19.0. The van der Waals surface area contributed by atoms with Crippen LogP contribution in [-0.2, 0) is 17.9 Å². The topological polar surface area (TPSA) is 66.0 Å². The van der Waals surface area contributed by atoms with E-state index in [0.717, 1.165) is 31.1 Å². The molecular formula is C23H28N4O3. The van der Waals surface area contributed by atoms with Gasteiger partial charge in [0.1, 0.15) is 11.3 Å². The predicted octanol–water partition coefficient (Wildman–Crippen LogP) is 2.91. The first kappa shape index (κ1) is 20.3. The summed E-state index contributed by atoms with van der Waals surface area (Å²) in [4.78, 5) is 36.2. The predicted molar refractivity (Wildman–Crippen MR) is 113 cm³/mol. The number of likely N-dealkylation sites (tertiary alicyclic amines) is 1. The lowest BCUT2D eigenvalue weighted by atomic mass is 9.85. The first-order valence-electron chi connectivity index (χ1n) is 10.5. The number of hydrogen-bond acceptors (Lipinski definition) is 5. The van der Waals surface area contributed by atoms with Crippen molar-refractivity contribution < 1.29 is 14.3 Å². The molecule has 4 rings (SSSR count). The van der Waals surface area contributed by atoms with Gasteiger partial charge in [-0.1, -0.05) is 18.2 Å². The van der Waals surface area contributed by atoms with Crippen LogP contribution in [0.5, 0.6) is 5.75 Å². The van der Waals surface area contributed by atoms with Crippen molar-refractivity contribution in [3.05, 3.63) is 59.9 Å². The van der Waals surface area contributed by atoms with Crippen LogP contribution >= 0.6 is 0 Å². The number of ether oxygens (including phenoxy) is 1. The molecule has 0 bridgehead atoms. The number of methoxy groups -OCH3 is 1. The van der Waals surface area contributed by atoms with Gasteiger partial charge < -0.3 is 9.64 Å². The zero-order chi connectivity index (χ0) is 21.1. The maximum atomic E-state index is 13.4. The number of hydrogen-bond donors (Lipinski definition) is 0. The number of amides is 3. The second-order valence-electron chi connectivity index (χ2n) is 7.90. The Kier molecular flexibility index (Phi) is 5.72. The van der Waals surface area contributed by atoms with Crippen LogP contribution in [0.1, 0.15) is 31.0 Å². The quantitative estimate of drug-likeness (QED) is 0.688. The molecule has 0 saturated carbocycles. The van der Waals surface area contributed by atoms with E-state index in [1.165, 1.54) is 10.5 Å². The molecule has 0 aliphatic carbocycles. The summed E-state index contributed by atoms with van der Waals surface area (Å²) in [5.41, 5.74) is 1.21. The van der Waals surface area contributed by atoms with Crippen LogP contribution in [0.15, 0.2) is 48.7 Å². The molecule has 1 aromatic carbocycles. The second-order valence-corrected chi connectivity index (χ2v) is 7.90. The van der Waals surface area contributed by atoms with Gasteiger partial charge in [0.25, 0.3) is 5.91 Å². The summed E-state index contributed by atoms with van der Waals surface area (Å²) in [5, 5.41) is 0. The van der Waals surface area contributed by atoms with Crippen molar-refractivity contribution in [1.82, 2.24) is 19.7 Å². The monoisotopic (exact) mass is 408 g/mol. The van der Waals surface area contributed by atoms with E-state index in [2.05, 4.69) is 22.0 Å². The minimum atomic E-state index is -0.725. The molecule has 0 atom stereocenters. The van der Waals surface area contributed by atoms with Crippen molar-refractivity contribution in [2.75, 3.05) is 26.7 Å². The summed E-state index contributed by atoms with van der Waals surface area (Å²) >= 11 is 0. The van der Waals surface area contributed by atoms with Gasteiger partial charge >= 0.3 is 6.03 Å². The smallest absolute Gasteiger partial charge is 0.328 e. The number of aromatic nitrogens is 1. The van der Waals surface area contributed by atoms with Crippen LogP contribution in [-0.4, -0.2) is 63.9 Å². The maximum Gasteiger partial charge on any atom is 0.328 e. The number of carbonyl (C=O) groups excluding carboxylic acids is 2. The van der Waals surface area contributed by atoms with E-state index < -0.39 is 5.54 Å². The number of likely N-dealkylation sites (N-methyl/N-ethyl adjacent to an activating group) is 1. The molecule has 2 fully saturated rings. The SMILES string of the molecule is CCN1C(=O)N(Cc2ccccn2)C(=O)C12CCN(Cc1ccc(OC)cc1)CC2. The van der Waals surface area contributed by atoms with Crippen LogP contribution in [0.3, 0.4) is 0 Å². The van der Waals surface area contributed by atoms with E-state index in [0.29, 0.717) is 19.4 Å². The number of carbonyl (C=O) groups is 2. The summed E-state index contributed by atoms with van der Waals surface area (Å²) in [6, 6.07) is 13.4. The first-order valence-corrected chi connectivity index (χ1v) is 10.5. The Morgan fingerprint density at radius 2 is 1.77 bits per heavy atom. The lowest BCUT2D eigenvalue weighted by molar-refractivity contribution is -0.136. The summed E-state index contributed by atoms with van der Waals surface area (Å²) < 4.78 is 5.22. The number of urea groups is 1. The highest BCUT2D eigenvalue weighted by atomic mass is 16.5. The van der Waals surface area contributed by atoms with E-state index in [1.807, 2.05) is 37.3 Å². The number of pyridine rings is 1. The van der Waals surface area contributed by atoms with Gasteiger partial charge in [0.05, 0.1) is 19.3 Å². The van der Waals surface area contributed by atoms with Crippen molar-refractivity contribution in [2.24, 2.45) is 0 Å². The Hall–Kier alpha value is -2.93. The minimum Gasteiger partial charge on any atom is -0.497 e. The van der Waals surface area contributed by atoms with Gasteiger partial charge in [-0.15, -0.1) is 0 Å². The fourth-order valence-corrected chi connectivity index (χ4v) is 4.57. The lowest BCUT2D eigenvalue weighted by Crippen LogP contribution is -2.56. The molecule has 2 aromatic rings. The minimum absolute atomic E-state index is 0.0795. The van der Waals surface area contributed by atoms with Crippen molar-refractivity contribution in [3.8, 4) is 5.75 Å². The molecule has 30 heavy (non-hydrogen) atoms. The summed E-state index contributed by atoms with van der Waals surface area (Å²) in [5.74, 6) is 0.766. The maximum absolute atomic E-state index is 13.4. The molecule has 2 aliphatic heterocycles. The van der Waals surface area contributed by atoms with Gasteiger partial charge in [-0.2, -0.15) is 0 Å². The zero-order valence-corrected chi connectivity index (χ0v) is 17.6. The molecule has 3 amide bonds. The third kappa shape index (κ3) is 3.65. The summed E-state index contributed by atoms with van der Waals surface area (Å²) in [6.07, 6.45) is 2.99. The molecule has 2 saturated heterocycles. The molecule has 2 aliphatic rings. The van der Waals surface area contributed by atoms with Gasteiger partial charge in [-0.3, -0.25) is 19.6 Å². The van der Waals surface area contributed by atoms with E-state index in [1.54, 1.807) is 18.2 Å². The van der Waals surface area contributed by atoms with Crippen LogP contribution in [0.2, 0.25) is 0 Å². The highest BCUT2D eigenvalue weighted by molar-refractivity contribution is 6.07. The van der Waals surface area contributed by atoms with E-state index in [4.69, 9.17) is 4.74 Å². The zero-order valence-electron chi connectivity index (χ0n) is 17.6.